The number of carbonyl (C=O) groups is 1. The highest BCUT2D eigenvalue weighted by Gasteiger charge is 2.20. The maximum absolute atomic E-state index is 12.7. The first kappa shape index (κ1) is 18.7. The Morgan fingerprint density at radius 1 is 1.19 bits per heavy atom. The first-order valence-corrected chi connectivity index (χ1v) is 8.52. The fourth-order valence-electron chi connectivity index (χ4n) is 2.68. The fourth-order valence-corrected chi connectivity index (χ4v) is 2.92. The summed E-state index contributed by atoms with van der Waals surface area (Å²) in [5.74, 6) is 0.406. The van der Waals surface area contributed by atoms with Crippen LogP contribution >= 0.6 is 11.6 Å². The Bertz CT molecular complexity index is 1060. The summed E-state index contributed by atoms with van der Waals surface area (Å²) in [5.41, 5.74) is 0.667. The minimum absolute atomic E-state index is 0.289. The van der Waals surface area contributed by atoms with Crippen molar-refractivity contribution < 1.29 is 14.3 Å². The molecule has 0 aliphatic rings. The molecule has 1 N–H and O–H groups in total. The molecular formula is C19H18ClN3O4. The lowest BCUT2D eigenvalue weighted by molar-refractivity contribution is -0.118. The molecule has 0 saturated heterocycles. The zero-order chi connectivity index (χ0) is 19.6. The number of nitrogens with one attached hydrogen (secondary N) is 1. The number of hydrogen-bond acceptors (Lipinski definition) is 5. The SMILES string of the molecule is COc1cc(OC)c(NC(=O)C(C)n2cnc3ccccc3c2=O)cc1Cl. The highest BCUT2D eigenvalue weighted by Crippen LogP contribution is 2.36. The third-order valence-corrected chi connectivity index (χ3v) is 4.51. The number of rotatable bonds is 5. The van der Waals surface area contributed by atoms with Crippen LogP contribution in [0.1, 0.15) is 13.0 Å². The Labute approximate surface area is 160 Å². The molecule has 1 amide bonds. The molecule has 140 valence electrons. The normalized spacial score (nSPS) is 11.9. The molecule has 0 fully saturated rings. The average molecular weight is 388 g/mol. The number of anilines is 1. The van der Waals surface area contributed by atoms with Crippen molar-refractivity contribution in [2.45, 2.75) is 13.0 Å². The van der Waals surface area contributed by atoms with Gasteiger partial charge in [-0.2, -0.15) is 0 Å². The van der Waals surface area contributed by atoms with Crippen molar-refractivity contribution in [1.29, 1.82) is 0 Å². The average Bonchev–Trinajstić information content (AvgIpc) is 2.68. The monoisotopic (exact) mass is 387 g/mol. The van der Waals surface area contributed by atoms with Gasteiger partial charge < -0.3 is 14.8 Å². The first-order chi connectivity index (χ1) is 13.0. The Kier molecular flexibility index (Phi) is 5.32. The van der Waals surface area contributed by atoms with E-state index < -0.39 is 11.9 Å². The molecule has 0 aliphatic carbocycles. The van der Waals surface area contributed by atoms with E-state index in [1.165, 1.54) is 31.2 Å². The van der Waals surface area contributed by atoms with Crippen LogP contribution in [0.5, 0.6) is 11.5 Å². The van der Waals surface area contributed by atoms with Gasteiger partial charge in [0, 0.05) is 6.07 Å². The number of amides is 1. The molecule has 1 unspecified atom stereocenters. The Hall–Kier alpha value is -3.06. The lowest BCUT2D eigenvalue weighted by atomic mass is 10.2. The van der Waals surface area contributed by atoms with Crippen LogP contribution in [-0.2, 0) is 4.79 Å². The van der Waals surface area contributed by atoms with Crippen LogP contribution in [0, 0.1) is 0 Å². The maximum Gasteiger partial charge on any atom is 0.261 e. The van der Waals surface area contributed by atoms with E-state index in [2.05, 4.69) is 10.3 Å². The quantitative estimate of drug-likeness (QED) is 0.726. The number of hydrogen-bond donors (Lipinski definition) is 1. The van der Waals surface area contributed by atoms with Gasteiger partial charge in [0.05, 0.1) is 42.2 Å². The van der Waals surface area contributed by atoms with Crippen molar-refractivity contribution in [2.24, 2.45) is 0 Å². The molecule has 0 saturated carbocycles. The Morgan fingerprint density at radius 3 is 2.59 bits per heavy atom. The van der Waals surface area contributed by atoms with Crippen molar-refractivity contribution in [3.05, 3.63) is 58.1 Å². The third kappa shape index (κ3) is 3.59. The summed E-state index contributed by atoms with van der Waals surface area (Å²) in [5, 5.41) is 3.51. The second-order valence-corrected chi connectivity index (χ2v) is 6.23. The Balaban J connectivity index is 1.92. The second-order valence-electron chi connectivity index (χ2n) is 5.83. The van der Waals surface area contributed by atoms with Gasteiger partial charge in [-0.05, 0) is 25.1 Å². The number of carbonyl (C=O) groups excluding carboxylic acids is 1. The summed E-state index contributed by atoms with van der Waals surface area (Å²) in [6.07, 6.45) is 1.37. The van der Waals surface area contributed by atoms with E-state index >= 15 is 0 Å². The van der Waals surface area contributed by atoms with Crippen molar-refractivity contribution in [3.63, 3.8) is 0 Å². The van der Waals surface area contributed by atoms with Crippen molar-refractivity contribution in [2.75, 3.05) is 19.5 Å². The highest BCUT2D eigenvalue weighted by atomic mass is 35.5. The van der Waals surface area contributed by atoms with Crippen LogP contribution in [0.15, 0.2) is 47.5 Å². The van der Waals surface area contributed by atoms with Crippen LogP contribution < -0.4 is 20.3 Å². The van der Waals surface area contributed by atoms with E-state index in [1.807, 2.05) is 0 Å². The van der Waals surface area contributed by atoms with E-state index in [9.17, 15) is 9.59 Å². The van der Waals surface area contributed by atoms with Crippen molar-refractivity contribution in [3.8, 4) is 11.5 Å². The zero-order valence-electron chi connectivity index (χ0n) is 15.0. The first-order valence-electron chi connectivity index (χ1n) is 8.14. The largest absolute Gasteiger partial charge is 0.495 e. The number of methoxy groups -OCH3 is 2. The molecule has 0 radical (unpaired) electrons. The van der Waals surface area contributed by atoms with Crippen molar-refractivity contribution in [1.82, 2.24) is 9.55 Å². The molecule has 1 aromatic heterocycles. The van der Waals surface area contributed by atoms with E-state index in [0.717, 1.165) is 0 Å². The molecule has 1 heterocycles. The van der Waals surface area contributed by atoms with Gasteiger partial charge in [0.1, 0.15) is 17.5 Å². The summed E-state index contributed by atoms with van der Waals surface area (Å²) in [6.45, 7) is 1.62. The van der Waals surface area contributed by atoms with Crippen LogP contribution in [0.4, 0.5) is 5.69 Å². The van der Waals surface area contributed by atoms with Crippen LogP contribution in [-0.4, -0.2) is 29.7 Å². The smallest absolute Gasteiger partial charge is 0.261 e. The maximum atomic E-state index is 12.7. The van der Waals surface area contributed by atoms with Crippen LogP contribution in [0.2, 0.25) is 5.02 Å². The summed E-state index contributed by atoms with van der Waals surface area (Å²) < 4.78 is 11.7. The molecule has 1 atom stereocenters. The van der Waals surface area contributed by atoms with Gasteiger partial charge in [0.25, 0.3) is 5.56 Å². The predicted molar refractivity (Wildman–Crippen MR) is 104 cm³/mol. The molecule has 8 heteroatoms. The number of fused-ring (bicyclic) bond motifs is 1. The van der Waals surface area contributed by atoms with E-state index in [1.54, 1.807) is 37.3 Å². The fraction of sp³-hybridized carbons (Fsp3) is 0.211. The zero-order valence-corrected chi connectivity index (χ0v) is 15.8. The molecule has 2 aromatic carbocycles. The van der Waals surface area contributed by atoms with Gasteiger partial charge in [0.2, 0.25) is 5.91 Å². The molecule has 0 bridgehead atoms. The number of nitrogens with zero attached hydrogens (tertiary/aromatic N) is 2. The second kappa shape index (κ2) is 7.67. The molecule has 3 aromatic rings. The number of benzene rings is 2. The molecular weight excluding hydrogens is 370 g/mol. The number of ether oxygens (including phenoxy) is 2. The van der Waals surface area contributed by atoms with Gasteiger partial charge in [-0.25, -0.2) is 4.98 Å². The van der Waals surface area contributed by atoms with Gasteiger partial charge in [0.15, 0.2) is 0 Å². The third-order valence-electron chi connectivity index (χ3n) is 4.22. The summed E-state index contributed by atoms with van der Waals surface area (Å²) >= 11 is 6.13. The van der Waals surface area contributed by atoms with E-state index in [-0.39, 0.29) is 5.56 Å². The van der Waals surface area contributed by atoms with Crippen LogP contribution in [0.25, 0.3) is 10.9 Å². The van der Waals surface area contributed by atoms with Gasteiger partial charge in [-0.15, -0.1) is 0 Å². The van der Waals surface area contributed by atoms with E-state index in [4.69, 9.17) is 21.1 Å². The highest BCUT2D eigenvalue weighted by molar-refractivity contribution is 6.32. The van der Waals surface area contributed by atoms with Crippen molar-refractivity contribution >= 4 is 34.1 Å². The van der Waals surface area contributed by atoms with Gasteiger partial charge >= 0.3 is 0 Å². The van der Waals surface area contributed by atoms with Gasteiger partial charge in [-0.3, -0.25) is 14.2 Å². The minimum Gasteiger partial charge on any atom is -0.495 e. The lowest BCUT2D eigenvalue weighted by Crippen LogP contribution is -2.31. The molecule has 0 aliphatic heterocycles. The molecule has 27 heavy (non-hydrogen) atoms. The van der Waals surface area contributed by atoms with Gasteiger partial charge in [-0.1, -0.05) is 23.7 Å². The predicted octanol–water partition coefficient (Wildman–Crippen LogP) is 3.27. The summed E-state index contributed by atoms with van der Waals surface area (Å²) in [4.78, 5) is 29.6. The standard InChI is InChI=1S/C19H18ClN3O4/c1-11(23-10-21-14-7-5-4-6-12(14)19(23)25)18(24)22-15-8-13(20)16(26-2)9-17(15)27-3/h4-11H,1-3H3,(H,22,24). The minimum atomic E-state index is -0.791. The number of aromatic nitrogens is 2. The number of para-hydroxylation sites is 1. The topological polar surface area (TPSA) is 82.4 Å². The Morgan fingerprint density at radius 2 is 1.89 bits per heavy atom. The lowest BCUT2D eigenvalue weighted by Gasteiger charge is -2.17. The summed E-state index contributed by atoms with van der Waals surface area (Å²) in [7, 11) is 2.96. The van der Waals surface area contributed by atoms with Crippen LogP contribution in [0.3, 0.4) is 0 Å². The van der Waals surface area contributed by atoms with E-state index in [0.29, 0.717) is 33.1 Å². The molecule has 7 nitrogen and oxygen atoms in total. The summed E-state index contributed by atoms with van der Waals surface area (Å²) in [6, 6.07) is 9.30. The molecule has 3 rings (SSSR count). The number of halogens is 1. The molecule has 0 spiro atoms.